The van der Waals surface area contributed by atoms with E-state index in [1.54, 1.807) is 29.1 Å². The third kappa shape index (κ3) is 4.69. The van der Waals surface area contributed by atoms with Crippen LogP contribution in [0, 0.1) is 19.7 Å². The van der Waals surface area contributed by atoms with Gasteiger partial charge >= 0.3 is 0 Å². The molecule has 0 bridgehead atoms. The largest absolute Gasteiger partial charge is 0.350 e. The quantitative estimate of drug-likeness (QED) is 0.499. The van der Waals surface area contributed by atoms with Crippen LogP contribution in [0.2, 0.25) is 0 Å². The number of hydrogen-bond acceptors (Lipinski definition) is 3. The number of aromatic nitrogens is 3. The van der Waals surface area contributed by atoms with Gasteiger partial charge in [-0.15, -0.1) is 0 Å². The van der Waals surface area contributed by atoms with Crippen LogP contribution < -0.4 is 5.32 Å². The third-order valence-corrected chi connectivity index (χ3v) is 5.06. The highest BCUT2D eigenvalue weighted by Crippen LogP contribution is 2.24. The molecule has 5 nitrogen and oxygen atoms in total. The van der Waals surface area contributed by atoms with E-state index in [4.69, 9.17) is 0 Å². The predicted octanol–water partition coefficient (Wildman–Crippen LogP) is 4.66. The van der Waals surface area contributed by atoms with Gasteiger partial charge in [0.25, 0.3) is 5.91 Å². The molecule has 4 aromatic rings. The van der Waals surface area contributed by atoms with E-state index in [1.165, 1.54) is 12.1 Å². The number of carbonyl (C=O) groups excluding carboxylic acids is 1. The minimum Gasteiger partial charge on any atom is -0.350 e. The van der Waals surface area contributed by atoms with E-state index in [-0.39, 0.29) is 11.7 Å². The molecule has 156 valence electrons. The second-order valence-corrected chi connectivity index (χ2v) is 7.45. The fourth-order valence-corrected chi connectivity index (χ4v) is 3.47. The van der Waals surface area contributed by atoms with Gasteiger partial charge < -0.3 is 5.32 Å². The van der Waals surface area contributed by atoms with Crippen molar-refractivity contribution >= 4 is 5.91 Å². The number of benzene rings is 2. The zero-order valence-electron chi connectivity index (χ0n) is 17.5. The number of halogens is 1. The van der Waals surface area contributed by atoms with E-state index in [1.807, 2.05) is 44.2 Å². The maximum absolute atomic E-state index is 13.4. The molecule has 0 unspecified atom stereocenters. The molecule has 1 N–H and O–H groups in total. The Balaban J connectivity index is 1.65. The molecule has 0 atom stereocenters. The van der Waals surface area contributed by atoms with Gasteiger partial charge in [-0.3, -0.25) is 9.78 Å². The minimum atomic E-state index is -0.315. The fourth-order valence-electron chi connectivity index (χ4n) is 3.47. The average Bonchev–Trinajstić information content (AvgIpc) is 3.20. The Kier molecular flexibility index (Phi) is 5.89. The number of rotatable bonds is 6. The summed E-state index contributed by atoms with van der Waals surface area (Å²) in [4.78, 5) is 17.3. The Morgan fingerprint density at radius 1 is 1.03 bits per heavy atom. The highest BCUT2D eigenvalue weighted by Gasteiger charge is 2.18. The summed E-state index contributed by atoms with van der Waals surface area (Å²) in [7, 11) is 0. The Morgan fingerprint density at radius 3 is 2.55 bits per heavy atom. The standard InChI is InChI=1S/C25H23FN4O/c1-17-6-11-23(18(2)15-17)30-24(16-22(29-30)19-7-9-20(26)10-8-19)25(31)28-14-12-21-5-3-4-13-27-21/h3-11,13,15-16H,12,14H2,1-2H3,(H,28,31). The van der Waals surface area contributed by atoms with Gasteiger partial charge in [0.2, 0.25) is 0 Å². The Hall–Kier alpha value is -3.80. The zero-order valence-corrected chi connectivity index (χ0v) is 17.5. The molecular formula is C25H23FN4O. The van der Waals surface area contributed by atoms with E-state index in [0.717, 1.165) is 28.1 Å². The summed E-state index contributed by atoms with van der Waals surface area (Å²) < 4.78 is 15.0. The molecule has 4 rings (SSSR count). The molecule has 0 saturated heterocycles. The van der Waals surface area contributed by atoms with Crippen LogP contribution in [0.25, 0.3) is 16.9 Å². The summed E-state index contributed by atoms with van der Waals surface area (Å²) in [5.41, 5.74) is 5.66. The van der Waals surface area contributed by atoms with Gasteiger partial charge in [0, 0.05) is 30.4 Å². The Morgan fingerprint density at radius 2 is 1.84 bits per heavy atom. The van der Waals surface area contributed by atoms with Gasteiger partial charge in [0.15, 0.2) is 0 Å². The van der Waals surface area contributed by atoms with Crippen LogP contribution in [0.1, 0.15) is 27.3 Å². The zero-order chi connectivity index (χ0) is 21.8. The molecule has 0 saturated carbocycles. The number of nitrogens with one attached hydrogen (secondary N) is 1. The van der Waals surface area contributed by atoms with Crippen LogP contribution in [-0.4, -0.2) is 27.2 Å². The minimum absolute atomic E-state index is 0.225. The van der Waals surface area contributed by atoms with Gasteiger partial charge in [-0.25, -0.2) is 9.07 Å². The normalized spacial score (nSPS) is 10.8. The molecular weight excluding hydrogens is 391 g/mol. The maximum atomic E-state index is 13.4. The SMILES string of the molecule is Cc1ccc(-n2nc(-c3ccc(F)cc3)cc2C(=O)NCCc2ccccn2)c(C)c1. The summed E-state index contributed by atoms with van der Waals surface area (Å²) in [6, 6.07) is 19.5. The van der Waals surface area contributed by atoms with Crippen molar-refractivity contribution in [3.63, 3.8) is 0 Å². The molecule has 31 heavy (non-hydrogen) atoms. The number of hydrogen-bond donors (Lipinski definition) is 1. The second kappa shape index (κ2) is 8.92. The highest BCUT2D eigenvalue weighted by atomic mass is 19.1. The lowest BCUT2D eigenvalue weighted by molar-refractivity contribution is 0.0946. The van der Waals surface area contributed by atoms with E-state index >= 15 is 0 Å². The highest BCUT2D eigenvalue weighted by molar-refractivity contribution is 5.94. The van der Waals surface area contributed by atoms with Crippen molar-refractivity contribution < 1.29 is 9.18 Å². The molecule has 6 heteroatoms. The molecule has 0 aliphatic heterocycles. The first-order valence-electron chi connectivity index (χ1n) is 10.1. The lowest BCUT2D eigenvalue weighted by Crippen LogP contribution is -2.28. The summed E-state index contributed by atoms with van der Waals surface area (Å²) in [5.74, 6) is -0.540. The molecule has 0 aliphatic rings. The summed E-state index contributed by atoms with van der Waals surface area (Å²) in [5, 5.41) is 7.64. The second-order valence-electron chi connectivity index (χ2n) is 7.45. The van der Waals surface area contributed by atoms with Gasteiger partial charge in [0.1, 0.15) is 11.5 Å². The van der Waals surface area contributed by atoms with Crippen LogP contribution in [0.15, 0.2) is 72.9 Å². The molecule has 0 fully saturated rings. The Bertz CT molecular complexity index is 1200. The van der Waals surface area contributed by atoms with E-state index in [2.05, 4.69) is 21.5 Å². The average molecular weight is 414 g/mol. The molecule has 1 amide bonds. The first-order chi connectivity index (χ1) is 15.0. The van der Waals surface area contributed by atoms with E-state index < -0.39 is 0 Å². The number of amides is 1. The molecule has 0 spiro atoms. The van der Waals surface area contributed by atoms with Crippen LogP contribution >= 0.6 is 0 Å². The third-order valence-electron chi connectivity index (χ3n) is 5.06. The molecule has 0 radical (unpaired) electrons. The topological polar surface area (TPSA) is 59.8 Å². The first kappa shape index (κ1) is 20.5. The first-order valence-corrected chi connectivity index (χ1v) is 10.1. The fraction of sp³-hybridized carbons (Fsp3) is 0.160. The summed E-state index contributed by atoms with van der Waals surface area (Å²) in [6.45, 7) is 4.47. The van der Waals surface area contributed by atoms with Crippen molar-refractivity contribution in [1.82, 2.24) is 20.1 Å². The monoisotopic (exact) mass is 414 g/mol. The van der Waals surface area contributed by atoms with Crippen molar-refractivity contribution in [3.8, 4) is 16.9 Å². The van der Waals surface area contributed by atoms with Crippen LogP contribution in [0.3, 0.4) is 0 Å². The van der Waals surface area contributed by atoms with Gasteiger partial charge in [-0.2, -0.15) is 5.10 Å². The van der Waals surface area contributed by atoms with Crippen molar-refractivity contribution in [1.29, 1.82) is 0 Å². The smallest absolute Gasteiger partial charge is 0.270 e. The van der Waals surface area contributed by atoms with Gasteiger partial charge in [0.05, 0.1) is 11.4 Å². The van der Waals surface area contributed by atoms with Crippen molar-refractivity contribution in [2.45, 2.75) is 20.3 Å². The van der Waals surface area contributed by atoms with Gasteiger partial charge in [-0.05, 0) is 67.9 Å². The number of carbonyl (C=O) groups is 1. The maximum Gasteiger partial charge on any atom is 0.270 e. The van der Waals surface area contributed by atoms with Crippen molar-refractivity contribution in [3.05, 3.63) is 101 Å². The summed E-state index contributed by atoms with van der Waals surface area (Å²) in [6.07, 6.45) is 2.37. The number of aryl methyl sites for hydroxylation is 2. The molecule has 2 heterocycles. The lowest BCUT2D eigenvalue weighted by Gasteiger charge is -2.11. The van der Waals surface area contributed by atoms with E-state index in [9.17, 15) is 9.18 Å². The van der Waals surface area contributed by atoms with Crippen LogP contribution in [0.4, 0.5) is 4.39 Å². The molecule has 2 aromatic carbocycles. The molecule has 0 aliphatic carbocycles. The predicted molar refractivity (Wildman–Crippen MR) is 119 cm³/mol. The Labute approximate surface area is 180 Å². The van der Waals surface area contributed by atoms with Crippen molar-refractivity contribution in [2.24, 2.45) is 0 Å². The lowest BCUT2D eigenvalue weighted by atomic mass is 10.1. The van der Waals surface area contributed by atoms with Crippen LogP contribution in [-0.2, 0) is 6.42 Å². The number of pyridine rings is 1. The molecule has 2 aromatic heterocycles. The van der Waals surface area contributed by atoms with Crippen LogP contribution in [0.5, 0.6) is 0 Å². The summed E-state index contributed by atoms with van der Waals surface area (Å²) >= 11 is 0. The number of nitrogens with zero attached hydrogens (tertiary/aromatic N) is 3. The van der Waals surface area contributed by atoms with Crippen molar-refractivity contribution in [2.75, 3.05) is 6.54 Å². The van der Waals surface area contributed by atoms with Gasteiger partial charge in [-0.1, -0.05) is 23.8 Å². The van der Waals surface area contributed by atoms with E-state index in [0.29, 0.717) is 24.4 Å².